The van der Waals surface area contributed by atoms with Crippen molar-refractivity contribution in [2.45, 2.75) is 38.4 Å². The lowest BCUT2D eigenvalue weighted by atomic mass is 10.0. The molecule has 4 rings (SSSR count). The molecule has 1 aliphatic rings. The summed E-state index contributed by atoms with van der Waals surface area (Å²) in [5.74, 6) is 0.00554. The molecule has 0 unspecified atom stereocenters. The normalized spacial score (nSPS) is 15.5. The van der Waals surface area contributed by atoms with Gasteiger partial charge in [0.05, 0.1) is 11.0 Å². The first-order valence-corrected chi connectivity index (χ1v) is 10.8. The van der Waals surface area contributed by atoms with Gasteiger partial charge in [0.15, 0.2) is 0 Å². The lowest BCUT2D eigenvalue weighted by molar-refractivity contribution is -0.122. The molecule has 0 saturated carbocycles. The van der Waals surface area contributed by atoms with Gasteiger partial charge >= 0.3 is 5.69 Å². The zero-order chi connectivity index (χ0) is 21.1. The number of likely N-dealkylation sites (tertiary alicyclic amines) is 1. The average Bonchev–Trinajstić information content (AvgIpc) is 3.00. The van der Waals surface area contributed by atoms with Crippen molar-refractivity contribution in [3.8, 4) is 0 Å². The van der Waals surface area contributed by atoms with E-state index in [9.17, 15) is 9.59 Å². The number of nitrogens with zero attached hydrogens (tertiary/aromatic N) is 3. The van der Waals surface area contributed by atoms with Crippen LogP contribution in [0.5, 0.6) is 0 Å². The standard InChI is InChI=1S/C23H27ClN4O2/c1-26-20-4-2-3-5-21(20)28(23(26)30)15-12-22(29)25-19-10-13-27(14-11-19)16-17-6-8-18(24)9-7-17/h2-9,19H,10-16H2,1H3,(H,25,29). The maximum atomic E-state index is 12.5. The monoisotopic (exact) mass is 426 g/mol. The van der Waals surface area contributed by atoms with Crippen LogP contribution in [0.15, 0.2) is 53.3 Å². The van der Waals surface area contributed by atoms with E-state index in [-0.39, 0.29) is 17.6 Å². The van der Waals surface area contributed by atoms with Crippen LogP contribution < -0.4 is 11.0 Å². The Balaban J connectivity index is 1.26. The minimum Gasteiger partial charge on any atom is -0.353 e. The van der Waals surface area contributed by atoms with Gasteiger partial charge in [-0.15, -0.1) is 0 Å². The van der Waals surface area contributed by atoms with E-state index in [1.165, 1.54) is 5.56 Å². The van der Waals surface area contributed by atoms with Crippen LogP contribution >= 0.6 is 11.6 Å². The molecule has 0 spiro atoms. The van der Waals surface area contributed by atoms with Crippen molar-refractivity contribution in [2.24, 2.45) is 7.05 Å². The fraction of sp³-hybridized carbons (Fsp3) is 0.391. The summed E-state index contributed by atoms with van der Waals surface area (Å²) >= 11 is 5.95. The van der Waals surface area contributed by atoms with E-state index < -0.39 is 0 Å². The molecule has 6 nitrogen and oxygen atoms in total. The second-order valence-corrected chi connectivity index (χ2v) is 8.41. The zero-order valence-corrected chi connectivity index (χ0v) is 17.9. The first kappa shape index (κ1) is 20.7. The van der Waals surface area contributed by atoms with Crippen molar-refractivity contribution in [3.05, 3.63) is 69.6 Å². The van der Waals surface area contributed by atoms with Crippen LogP contribution in [-0.2, 0) is 24.9 Å². The Hall–Kier alpha value is -2.57. The number of halogens is 1. The Kier molecular flexibility index (Phi) is 6.25. The van der Waals surface area contributed by atoms with E-state index >= 15 is 0 Å². The number of nitrogens with one attached hydrogen (secondary N) is 1. The molecule has 158 valence electrons. The van der Waals surface area contributed by atoms with E-state index in [0.29, 0.717) is 13.0 Å². The number of rotatable bonds is 6. The number of benzene rings is 2. The summed E-state index contributed by atoms with van der Waals surface area (Å²) in [5.41, 5.74) is 2.92. The van der Waals surface area contributed by atoms with Gasteiger partial charge in [-0.1, -0.05) is 35.9 Å². The number of aromatic nitrogens is 2. The predicted molar refractivity (Wildman–Crippen MR) is 120 cm³/mol. The molecule has 30 heavy (non-hydrogen) atoms. The summed E-state index contributed by atoms with van der Waals surface area (Å²) in [6.07, 6.45) is 2.18. The first-order chi connectivity index (χ1) is 14.5. The molecule has 0 atom stereocenters. The highest BCUT2D eigenvalue weighted by atomic mass is 35.5. The maximum Gasteiger partial charge on any atom is 0.328 e. The van der Waals surface area contributed by atoms with Crippen LogP contribution in [0.3, 0.4) is 0 Å². The van der Waals surface area contributed by atoms with E-state index in [2.05, 4.69) is 22.3 Å². The summed E-state index contributed by atoms with van der Waals surface area (Å²) in [7, 11) is 1.76. The number of carbonyl (C=O) groups excluding carboxylic acids is 1. The summed E-state index contributed by atoms with van der Waals surface area (Å²) < 4.78 is 3.31. The zero-order valence-electron chi connectivity index (χ0n) is 17.2. The van der Waals surface area contributed by atoms with Gasteiger partial charge in [0.2, 0.25) is 5.91 Å². The SMILES string of the molecule is Cn1c(=O)n(CCC(=O)NC2CCN(Cc3ccc(Cl)cc3)CC2)c2ccccc21. The molecule has 1 aliphatic heterocycles. The third-order valence-electron chi connectivity index (χ3n) is 5.89. The molecule has 1 aromatic heterocycles. The largest absolute Gasteiger partial charge is 0.353 e. The molecule has 0 bridgehead atoms. The third-order valence-corrected chi connectivity index (χ3v) is 6.14. The highest BCUT2D eigenvalue weighted by molar-refractivity contribution is 6.30. The molecular formula is C23H27ClN4O2. The van der Waals surface area contributed by atoms with Gasteiger partial charge in [-0.2, -0.15) is 0 Å². The number of piperidine rings is 1. The first-order valence-electron chi connectivity index (χ1n) is 10.4. The van der Waals surface area contributed by atoms with E-state index in [0.717, 1.165) is 48.5 Å². The highest BCUT2D eigenvalue weighted by Crippen LogP contribution is 2.16. The number of amides is 1. The van der Waals surface area contributed by atoms with Crippen molar-refractivity contribution < 1.29 is 4.79 Å². The van der Waals surface area contributed by atoms with Gasteiger partial charge in [-0.25, -0.2) is 4.79 Å². The fourth-order valence-corrected chi connectivity index (χ4v) is 4.30. The molecule has 2 aromatic carbocycles. The maximum absolute atomic E-state index is 12.5. The summed E-state index contributed by atoms with van der Waals surface area (Å²) in [6, 6.07) is 15.8. The lowest BCUT2D eigenvalue weighted by Crippen LogP contribution is -2.44. The summed E-state index contributed by atoms with van der Waals surface area (Å²) in [4.78, 5) is 27.4. The number of aryl methyl sites for hydroxylation is 2. The van der Waals surface area contributed by atoms with Crippen LogP contribution in [0, 0.1) is 0 Å². The number of hydrogen-bond donors (Lipinski definition) is 1. The van der Waals surface area contributed by atoms with Crippen LogP contribution in [0.25, 0.3) is 11.0 Å². The number of hydrogen-bond acceptors (Lipinski definition) is 3. The molecule has 0 radical (unpaired) electrons. The van der Waals surface area contributed by atoms with E-state index in [1.54, 1.807) is 16.2 Å². The molecule has 1 saturated heterocycles. The molecule has 3 aromatic rings. The lowest BCUT2D eigenvalue weighted by Gasteiger charge is -2.32. The molecule has 2 heterocycles. The number of imidazole rings is 1. The van der Waals surface area contributed by atoms with Gasteiger partial charge in [-0.3, -0.25) is 18.8 Å². The Morgan fingerprint density at radius 1 is 1.07 bits per heavy atom. The van der Waals surface area contributed by atoms with Crippen LogP contribution in [0.1, 0.15) is 24.8 Å². The van der Waals surface area contributed by atoms with Gasteiger partial charge in [0.1, 0.15) is 0 Å². The second-order valence-electron chi connectivity index (χ2n) is 7.98. The Morgan fingerprint density at radius 3 is 2.43 bits per heavy atom. The van der Waals surface area contributed by atoms with Crippen molar-refractivity contribution in [3.63, 3.8) is 0 Å². The van der Waals surface area contributed by atoms with Gasteiger partial charge in [-0.05, 0) is 42.7 Å². The third kappa shape index (κ3) is 4.60. The van der Waals surface area contributed by atoms with Gasteiger partial charge in [0, 0.05) is 50.7 Å². The predicted octanol–water partition coefficient (Wildman–Crippen LogP) is 3.16. The number of fused-ring (bicyclic) bond motifs is 1. The van der Waals surface area contributed by atoms with Crippen molar-refractivity contribution in [2.75, 3.05) is 13.1 Å². The summed E-state index contributed by atoms with van der Waals surface area (Å²) in [5, 5.41) is 3.91. The highest BCUT2D eigenvalue weighted by Gasteiger charge is 2.21. The topological polar surface area (TPSA) is 59.3 Å². The van der Waals surface area contributed by atoms with E-state index in [4.69, 9.17) is 11.6 Å². The minimum atomic E-state index is -0.0838. The van der Waals surface area contributed by atoms with E-state index in [1.807, 2.05) is 36.4 Å². The minimum absolute atomic E-state index is 0.00554. The average molecular weight is 427 g/mol. The fourth-order valence-electron chi connectivity index (χ4n) is 4.18. The van der Waals surface area contributed by atoms with Gasteiger partial charge in [0.25, 0.3) is 0 Å². The molecule has 0 aliphatic carbocycles. The van der Waals surface area contributed by atoms with Crippen LogP contribution in [0.4, 0.5) is 0 Å². The Bertz CT molecular complexity index is 1080. The quantitative estimate of drug-likeness (QED) is 0.658. The molecular weight excluding hydrogens is 400 g/mol. The summed E-state index contributed by atoms with van der Waals surface area (Å²) in [6.45, 7) is 3.20. The van der Waals surface area contributed by atoms with Crippen molar-refractivity contribution >= 4 is 28.5 Å². The second kappa shape index (κ2) is 9.06. The smallest absolute Gasteiger partial charge is 0.328 e. The number of para-hydroxylation sites is 2. The Morgan fingerprint density at radius 2 is 1.73 bits per heavy atom. The molecule has 1 amide bonds. The Labute approximate surface area is 181 Å². The molecule has 1 fully saturated rings. The number of carbonyl (C=O) groups is 1. The molecule has 1 N–H and O–H groups in total. The molecule has 7 heteroatoms. The van der Waals surface area contributed by atoms with Crippen LogP contribution in [0.2, 0.25) is 5.02 Å². The van der Waals surface area contributed by atoms with Crippen molar-refractivity contribution in [1.29, 1.82) is 0 Å². The van der Waals surface area contributed by atoms with Crippen LogP contribution in [-0.4, -0.2) is 39.1 Å². The van der Waals surface area contributed by atoms with Crippen molar-refractivity contribution in [1.82, 2.24) is 19.4 Å². The van der Waals surface area contributed by atoms with Gasteiger partial charge < -0.3 is 5.32 Å².